The minimum Gasteiger partial charge on any atom is -0.360 e. The minimum absolute atomic E-state index is 0.0571. The van der Waals surface area contributed by atoms with Gasteiger partial charge in [-0.25, -0.2) is 15.0 Å². The molecule has 118 valence electrons. The number of nitrogens with zero attached hydrogens (tertiary/aromatic N) is 4. The van der Waals surface area contributed by atoms with E-state index in [1.54, 1.807) is 12.5 Å². The first-order chi connectivity index (χ1) is 11.3. The number of imidazole rings is 1. The van der Waals surface area contributed by atoms with E-state index in [1.165, 1.54) is 6.33 Å². The molecule has 2 heterocycles. The second-order valence-electron chi connectivity index (χ2n) is 5.10. The summed E-state index contributed by atoms with van der Waals surface area (Å²) in [5.41, 5.74) is 0.853. The Hall–Kier alpha value is -2.96. The molecular formula is C16H18N6O. The number of hydrogen-bond donors (Lipinski definition) is 2. The van der Waals surface area contributed by atoms with E-state index in [2.05, 4.69) is 25.6 Å². The van der Waals surface area contributed by atoms with Gasteiger partial charge < -0.3 is 15.2 Å². The molecule has 0 aliphatic heterocycles. The lowest BCUT2D eigenvalue weighted by Gasteiger charge is -2.09. The van der Waals surface area contributed by atoms with Gasteiger partial charge in [0, 0.05) is 30.9 Å². The van der Waals surface area contributed by atoms with Gasteiger partial charge in [0.15, 0.2) is 0 Å². The van der Waals surface area contributed by atoms with Crippen LogP contribution in [0, 0.1) is 0 Å². The molecule has 0 aliphatic carbocycles. The van der Waals surface area contributed by atoms with Crippen LogP contribution in [0.2, 0.25) is 0 Å². The molecule has 0 bridgehead atoms. The zero-order valence-corrected chi connectivity index (χ0v) is 12.6. The summed E-state index contributed by atoms with van der Waals surface area (Å²) in [5, 5.41) is 6.85. The number of carbonyl (C=O) groups is 1. The summed E-state index contributed by atoms with van der Waals surface area (Å²) in [6.07, 6.45) is 7.77. The molecular weight excluding hydrogens is 292 g/mol. The number of anilines is 1. The van der Waals surface area contributed by atoms with Gasteiger partial charge in [0.1, 0.15) is 12.1 Å². The Bertz CT molecular complexity index is 766. The van der Waals surface area contributed by atoms with Crippen molar-refractivity contribution in [2.75, 3.05) is 18.4 Å². The Labute approximate surface area is 133 Å². The summed E-state index contributed by atoms with van der Waals surface area (Å²) in [4.78, 5) is 24.2. The van der Waals surface area contributed by atoms with Crippen LogP contribution in [0.1, 0.15) is 6.42 Å². The Balaban J connectivity index is 1.45. The topological polar surface area (TPSA) is 84.7 Å². The molecule has 7 heteroatoms. The van der Waals surface area contributed by atoms with Crippen molar-refractivity contribution < 1.29 is 4.79 Å². The molecule has 0 unspecified atom stereocenters. The standard InChI is InChI=1S/C16H18N6O/c23-15(18-6-3-8-22-9-7-17-12-22)10-19-16-13-4-1-2-5-14(13)20-11-21-16/h1-2,4-5,7,9,11-12H,3,6,8,10H2,(H,18,23)(H,19,20,21). The highest BCUT2D eigenvalue weighted by molar-refractivity contribution is 5.90. The fraction of sp³-hybridized carbons (Fsp3) is 0.250. The lowest BCUT2D eigenvalue weighted by molar-refractivity contribution is -0.119. The van der Waals surface area contributed by atoms with E-state index in [9.17, 15) is 4.79 Å². The van der Waals surface area contributed by atoms with Crippen LogP contribution in [0.4, 0.5) is 5.82 Å². The number of fused-ring (bicyclic) bond motifs is 1. The van der Waals surface area contributed by atoms with Gasteiger partial charge >= 0.3 is 0 Å². The highest BCUT2D eigenvalue weighted by atomic mass is 16.1. The molecule has 0 fully saturated rings. The lowest BCUT2D eigenvalue weighted by Crippen LogP contribution is -2.31. The smallest absolute Gasteiger partial charge is 0.239 e. The maximum Gasteiger partial charge on any atom is 0.239 e. The monoisotopic (exact) mass is 310 g/mol. The zero-order valence-electron chi connectivity index (χ0n) is 12.6. The van der Waals surface area contributed by atoms with Crippen LogP contribution >= 0.6 is 0 Å². The Kier molecular flexibility index (Phi) is 4.78. The van der Waals surface area contributed by atoms with Gasteiger partial charge in [-0.05, 0) is 18.6 Å². The normalized spacial score (nSPS) is 10.6. The predicted octanol–water partition coefficient (Wildman–Crippen LogP) is 1.44. The summed E-state index contributed by atoms with van der Waals surface area (Å²) in [7, 11) is 0. The number of para-hydroxylation sites is 1. The second kappa shape index (κ2) is 7.35. The van der Waals surface area contributed by atoms with E-state index >= 15 is 0 Å². The Morgan fingerprint density at radius 1 is 1.22 bits per heavy atom. The van der Waals surface area contributed by atoms with Gasteiger partial charge in [-0.1, -0.05) is 12.1 Å². The highest BCUT2D eigenvalue weighted by Gasteiger charge is 2.05. The molecule has 23 heavy (non-hydrogen) atoms. The largest absolute Gasteiger partial charge is 0.360 e. The number of benzene rings is 1. The van der Waals surface area contributed by atoms with Gasteiger partial charge in [-0.3, -0.25) is 4.79 Å². The molecule has 1 amide bonds. The van der Waals surface area contributed by atoms with Crippen molar-refractivity contribution in [3.63, 3.8) is 0 Å². The van der Waals surface area contributed by atoms with Crippen LogP contribution in [0.25, 0.3) is 10.9 Å². The Morgan fingerprint density at radius 2 is 2.13 bits per heavy atom. The molecule has 0 saturated carbocycles. The van der Waals surface area contributed by atoms with Crippen LogP contribution in [0.15, 0.2) is 49.3 Å². The van der Waals surface area contributed by atoms with Gasteiger partial charge in [-0.2, -0.15) is 0 Å². The molecule has 1 aromatic carbocycles. The fourth-order valence-corrected chi connectivity index (χ4v) is 2.28. The van der Waals surface area contributed by atoms with Crippen LogP contribution in [-0.2, 0) is 11.3 Å². The molecule has 0 aliphatic rings. The summed E-state index contributed by atoms with van der Waals surface area (Å²) in [5.74, 6) is 0.613. The number of hydrogen-bond acceptors (Lipinski definition) is 5. The van der Waals surface area contributed by atoms with E-state index in [-0.39, 0.29) is 12.5 Å². The zero-order chi connectivity index (χ0) is 15.9. The van der Waals surface area contributed by atoms with Crippen LogP contribution in [0.3, 0.4) is 0 Å². The first kappa shape index (κ1) is 15.0. The fourth-order valence-electron chi connectivity index (χ4n) is 2.28. The maximum absolute atomic E-state index is 11.9. The Morgan fingerprint density at radius 3 is 3.00 bits per heavy atom. The van der Waals surface area contributed by atoms with E-state index in [0.717, 1.165) is 23.9 Å². The number of rotatable bonds is 7. The van der Waals surface area contributed by atoms with Crippen LogP contribution < -0.4 is 10.6 Å². The van der Waals surface area contributed by atoms with Gasteiger partial charge in [-0.15, -0.1) is 0 Å². The van der Waals surface area contributed by atoms with E-state index in [0.29, 0.717) is 12.4 Å². The van der Waals surface area contributed by atoms with Crippen molar-refractivity contribution >= 4 is 22.6 Å². The van der Waals surface area contributed by atoms with Crippen LogP contribution in [0.5, 0.6) is 0 Å². The molecule has 0 atom stereocenters. The molecule has 7 nitrogen and oxygen atoms in total. The molecule has 2 N–H and O–H groups in total. The number of carbonyl (C=O) groups excluding carboxylic acids is 1. The number of aromatic nitrogens is 4. The summed E-state index contributed by atoms with van der Waals surface area (Å²) < 4.78 is 1.98. The third kappa shape index (κ3) is 4.03. The van der Waals surface area contributed by atoms with Gasteiger partial charge in [0.25, 0.3) is 0 Å². The quantitative estimate of drug-likeness (QED) is 0.645. The first-order valence-electron chi connectivity index (χ1n) is 7.49. The van der Waals surface area contributed by atoms with Gasteiger partial charge in [0.2, 0.25) is 5.91 Å². The SMILES string of the molecule is O=C(CNc1ncnc2ccccc12)NCCCn1ccnc1. The van der Waals surface area contributed by atoms with E-state index < -0.39 is 0 Å². The molecule has 3 aromatic rings. The molecule has 0 saturated heterocycles. The molecule has 2 aromatic heterocycles. The molecule has 0 radical (unpaired) electrons. The average Bonchev–Trinajstić information content (AvgIpc) is 3.10. The van der Waals surface area contributed by atoms with E-state index in [1.807, 2.05) is 35.0 Å². The highest BCUT2D eigenvalue weighted by Crippen LogP contribution is 2.17. The minimum atomic E-state index is -0.0571. The maximum atomic E-state index is 11.9. The van der Waals surface area contributed by atoms with Crippen molar-refractivity contribution in [3.05, 3.63) is 49.3 Å². The summed E-state index contributed by atoms with van der Waals surface area (Å²) in [6, 6.07) is 7.69. The second-order valence-corrected chi connectivity index (χ2v) is 5.10. The van der Waals surface area contributed by atoms with Gasteiger partial charge in [0.05, 0.1) is 18.4 Å². The molecule has 3 rings (SSSR count). The number of amides is 1. The summed E-state index contributed by atoms with van der Waals surface area (Å²) in [6.45, 7) is 1.65. The molecule has 0 spiro atoms. The van der Waals surface area contributed by atoms with Crippen molar-refractivity contribution in [1.82, 2.24) is 24.8 Å². The lowest BCUT2D eigenvalue weighted by atomic mass is 10.2. The average molecular weight is 310 g/mol. The third-order valence-electron chi connectivity index (χ3n) is 3.43. The van der Waals surface area contributed by atoms with E-state index in [4.69, 9.17) is 0 Å². The number of aryl methyl sites for hydroxylation is 1. The first-order valence-corrected chi connectivity index (χ1v) is 7.49. The van der Waals surface area contributed by atoms with Crippen molar-refractivity contribution in [1.29, 1.82) is 0 Å². The third-order valence-corrected chi connectivity index (χ3v) is 3.43. The van der Waals surface area contributed by atoms with Crippen molar-refractivity contribution in [2.45, 2.75) is 13.0 Å². The predicted molar refractivity (Wildman–Crippen MR) is 87.9 cm³/mol. The van der Waals surface area contributed by atoms with Crippen molar-refractivity contribution in [3.8, 4) is 0 Å². The number of nitrogens with one attached hydrogen (secondary N) is 2. The summed E-state index contributed by atoms with van der Waals surface area (Å²) >= 11 is 0. The van der Waals surface area contributed by atoms with Crippen LogP contribution in [-0.4, -0.2) is 38.5 Å². The van der Waals surface area contributed by atoms with Crippen molar-refractivity contribution in [2.24, 2.45) is 0 Å².